The molecule has 98 valence electrons. The van der Waals surface area contributed by atoms with Crippen LogP contribution in [0.25, 0.3) is 0 Å². The molecule has 1 saturated carbocycles. The molecule has 1 heterocycles. The van der Waals surface area contributed by atoms with Crippen molar-refractivity contribution in [3.63, 3.8) is 0 Å². The Balaban J connectivity index is 2.11. The van der Waals surface area contributed by atoms with Crippen LogP contribution >= 0.6 is 0 Å². The lowest BCUT2D eigenvalue weighted by Gasteiger charge is -2.37. The summed E-state index contributed by atoms with van der Waals surface area (Å²) in [6.45, 7) is 3.28. The van der Waals surface area contributed by atoms with Crippen molar-refractivity contribution >= 4 is 5.91 Å². The number of nitrogens with zero attached hydrogens (tertiary/aromatic N) is 2. The number of hydrogen-bond acceptors (Lipinski definition) is 3. The molecule has 0 saturated heterocycles. The molecular weight excluding hydrogens is 226 g/mol. The zero-order valence-corrected chi connectivity index (χ0v) is 10.9. The van der Waals surface area contributed by atoms with Crippen LogP contribution in [0.1, 0.15) is 41.9 Å². The molecule has 2 N–H and O–H groups in total. The fourth-order valence-corrected chi connectivity index (χ4v) is 2.22. The SMILES string of the molecule is Cc1cccc(C(=O)N(CCCN)C2CCC2)n1. The van der Waals surface area contributed by atoms with E-state index in [0.717, 1.165) is 31.5 Å². The Morgan fingerprint density at radius 2 is 2.28 bits per heavy atom. The third kappa shape index (κ3) is 2.88. The van der Waals surface area contributed by atoms with Crippen LogP contribution < -0.4 is 5.73 Å². The molecule has 1 fully saturated rings. The fourth-order valence-electron chi connectivity index (χ4n) is 2.22. The normalized spacial score (nSPS) is 15.2. The first-order valence-corrected chi connectivity index (χ1v) is 6.67. The lowest BCUT2D eigenvalue weighted by Crippen LogP contribution is -2.45. The van der Waals surface area contributed by atoms with Gasteiger partial charge in [0, 0.05) is 18.3 Å². The largest absolute Gasteiger partial charge is 0.334 e. The topological polar surface area (TPSA) is 59.2 Å². The van der Waals surface area contributed by atoms with E-state index in [9.17, 15) is 4.79 Å². The summed E-state index contributed by atoms with van der Waals surface area (Å²) < 4.78 is 0. The number of carbonyl (C=O) groups is 1. The summed E-state index contributed by atoms with van der Waals surface area (Å²) in [5.41, 5.74) is 6.98. The van der Waals surface area contributed by atoms with Crippen molar-refractivity contribution in [2.45, 2.75) is 38.6 Å². The molecule has 4 heteroatoms. The summed E-state index contributed by atoms with van der Waals surface area (Å²) >= 11 is 0. The Labute approximate surface area is 108 Å². The third-order valence-corrected chi connectivity index (χ3v) is 3.49. The maximum atomic E-state index is 12.5. The van der Waals surface area contributed by atoms with E-state index >= 15 is 0 Å². The quantitative estimate of drug-likeness (QED) is 0.862. The molecule has 1 aromatic heterocycles. The second-order valence-electron chi connectivity index (χ2n) is 4.89. The number of aromatic nitrogens is 1. The predicted octanol–water partition coefficient (Wildman–Crippen LogP) is 1.73. The minimum atomic E-state index is 0.0526. The highest BCUT2D eigenvalue weighted by atomic mass is 16.2. The second kappa shape index (κ2) is 5.96. The predicted molar refractivity (Wildman–Crippen MR) is 71.3 cm³/mol. The lowest BCUT2D eigenvalue weighted by atomic mass is 9.91. The molecule has 1 aliphatic carbocycles. The van der Waals surface area contributed by atoms with E-state index in [2.05, 4.69) is 4.98 Å². The number of hydrogen-bond donors (Lipinski definition) is 1. The number of aryl methyl sites for hydroxylation is 1. The lowest BCUT2D eigenvalue weighted by molar-refractivity contribution is 0.0572. The average molecular weight is 247 g/mol. The van der Waals surface area contributed by atoms with Crippen molar-refractivity contribution in [3.8, 4) is 0 Å². The molecule has 18 heavy (non-hydrogen) atoms. The van der Waals surface area contributed by atoms with Crippen LogP contribution in [0.2, 0.25) is 0 Å². The molecule has 1 amide bonds. The summed E-state index contributed by atoms with van der Waals surface area (Å²) in [6.07, 6.45) is 4.30. The van der Waals surface area contributed by atoms with Gasteiger partial charge in [0.15, 0.2) is 0 Å². The molecule has 0 atom stereocenters. The maximum Gasteiger partial charge on any atom is 0.272 e. The molecule has 0 bridgehead atoms. The van der Waals surface area contributed by atoms with Gasteiger partial charge >= 0.3 is 0 Å². The zero-order chi connectivity index (χ0) is 13.0. The molecule has 0 aromatic carbocycles. The molecule has 0 radical (unpaired) electrons. The Hall–Kier alpha value is -1.42. The van der Waals surface area contributed by atoms with Gasteiger partial charge in [-0.1, -0.05) is 6.07 Å². The Morgan fingerprint density at radius 1 is 1.50 bits per heavy atom. The van der Waals surface area contributed by atoms with E-state index < -0.39 is 0 Å². The van der Waals surface area contributed by atoms with Gasteiger partial charge in [-0.3, -0.25) is 4.79 Å². The molecule has 4 nitrogen and oxygen atoms in total. The van der Waals surface area contributed by atoms with E-state index in [0.29, 0.717) is 18.3 Å². The van der Waals surface area contributed by atoms with Gasteiger partial charge in [-0.2, -0.15) is 0 Å². The first kappa shape index (κ1) is 13.0. The fraction of sp³-hybridized carbons (Fsp3) is 0.571. The molecular formula is C14H21N3O. The van der Waals surface area contributed by atoms with Gasteiger partial charge in [0.05, 0.1) is 0 Å². The molecule has 2 rings (SSSR count). The van der Waals surface area contributed by atoms with Gasteiger partial charge in [0.1, 0.15) is 5.69 Å². The van der Waals surface area contributed by atoms with E-state index in [1.54, 1.807) is 6.07 Å². The summed E-state index contributed by atoms with van der Waals surface area (Å²) in [4.78, 5) is 18.7. The highest BCUT2D eigenvalue weighted by molar-refractivity contribution is 5.92. The van der Waals surface area contributed by atoms with Gasteiger partial charge in [0.2, 0.25) is 0 Å². The molecule has 0 spiro atoms. The van der Waals surface area contributed by atoms with E-state index in [1.807, 2.05) is 24.0 Å². The van der Waals surface area contributed by atoms with Crippen LogP contribution in [0, 0.1) is 6.92 Å². The standard InChI is InChI=1S/C14H21N3O/c1-11-5-2-8-13(16-11)14(18)17(10-4-9-15)12-6-3-7-12/h2,5,8,12H,3-4,6-7,9-10,15H2,1H3. The first-order valence-electron chi connectivity index (χ1n) is 6.67. The smallest absolute Gasteiger partial charge is 0.272 e. The Morgan fingerprint density at radius 3 is 2.83 bits per heavy atom. The van der Waals surface area contributed by atoms with Crippen LogP contribution in [0.4, 0.5) is 0 Å². The molecule has 0 aliphatic heterocycles. The van der Waals surface area contributed by atoms with Crippen molar-refractivity contribution < 1.29 is 4.79 Å². The van der Waals surface area contributed by atoms with Crippen LogP contribution in [0.15, 0.2) is 18.2 Å². The van der Waals surface area contributed by atoms with Crippen LogP contribution in [0.5, 0.6) is 0 Å². The average Bonchev–Trinajstić information content (AvgIpc) is 2.31. The summed E-state index contributed by atoms with van der Waals surface area (Å²) in [5, 5.41) is 0. The number of pyridine rings is 1. The Kier molecular flexibility index (Phi) is 4.31. The van der Waals surface area contributed by atoms with E-state index in [-0.39, 0.29) is 5.91 Å². The van der Waals surface area contributed by atoms with Crippen molar-refractivity contribution in [2.75, 3.05) is 13.1 Å². The highest BCUT2D eigenvalue weighted by Gasteiger charge is 2.29. The first-order chi connectivity index (χ1) is 8.72. The van der Waals surface area contributed by atoms with Gasteiger partial charge in [-0.25, -0.2) is 4.98 Å². The molecule has 0 unspecified atom stereocenters. The highest BCUT2D eigenvalue weighted by Crippen LogP contribution is 2.26. The summed E-state index contributed by atoms with van der Waals surface area (Å²) in [5.74, 6) is 0.0526. The Bertz CT molecular complexity index is 415. The second-order valence-corrected chi connectivity index (χ2v) is 4.89. The van der Waals surface area contributed by atoms with Crippen LogP contribution in [-0.2, 0) is 0 Å². The summed E-state index contributed by atoms with van der Waals surface area (Å²) in [6, 6.07) is 5.98. The third-order valence-electron chi connectivity index (χ3n) is 3.49. The van der Waals surface area contributed by atoms with E-state index in [4.69, 9.17) is 5.73 Å². The van der Waals surface area contributed by atoms with Gasteiger partial charge in [-0.15, -0.1) is 0 Å². The van der Waals surface area contributed by atoms with Gasteiger partial charge in [0.25, 0.3) is 5.91 Å². The van der Waals surface area contributed by atoms with E-state index in [1.165, 1.54) is 6.42 Å². The van der Waals surface area contributed by atoms with Crippen molar-refractivity contribution in [2.24, 2.45) is 5.73 Å². The minimum Gasteiger partial charge on any atom is -0.334 e. The maximum absolute atomic E-state index is 12.5. The van der Waals surface area contributed by atoms with Crippen molar-refractivity contribution in [1.29, 1.82) is 0 Å². The number of nitrogens with two attached hydrogens (primary N) is 1. The summed E-state index contributed by atoms with van der Waals surface area (Å²) in [7, 11) is 0. The minimum absolute atomic E-state index is 0.0526. The number of amides is 1. The molecule has 1 aromatic rings. The van der Waals surface area contributed by atoms with Crippen LogP contribution in [0.3, 0.4) is 0 Å². The molecule has 1 aliphatic rings. The number of rotatable bonds is 5. The number of carbonyl (C=O) groups excluding carboxylic acids is 1. The monoisotopic (exact) mass is 247 g/mol. The zero-order valence-electron chi connectivity index (χ0n) is 10.9. The van der Waals surface area contributed by atoms with Gasteiger partial charge < -0.3 is 10.6 Å². The van der Waals surface area contributed by atoms with Crippen molar-refractivity contribution in [1.82, 2.24) is 9.88 Å². The van der Waals surface area contributed by atoms with Crippen molar-refractivity contribution in [3.05, 3.63) is 29.6 Å². The van der Waals surface area contributed by atoms with Gasteiger partial charge in [-0.05, 0) is 51.3 Å². The van der Waals surface area contributed by atoms with Crippen LogP contribution in [-0.4, -0.2) is 34.9 Å².